The van der Waals surface area contributed by atoms with Crippen LogP contribution in [0.15, 0.2) is 0 Å². The number of piperidine rings is 1. The highest BCUT2D eigenvalue weighted by atomic mass is 16.6. The second kappa shape index (κ2) is 9.24. The monoisotopic (exact) mass is 359 g/mol. The van der Waals surface area contributed by atoms with E-state index in [2.05, 4.69) is 10.6 Å². The molecule has 0 aliphatic carbocycles. The molecule has 0 aromatic heterocycles. The molecule has 0 aromatic rings. The number of hydrogen-bond donors (Lipinski definition) is 4. The largest absolute Gasteiger partial charge is 0.465 e. The molecule has 0 aromatic carbocycles. The maximum absolute atomic E-state index is 11.9. The molecule has 1 aliphatic rings. The van der Waals surface area contributed by atoms with Crippen LogP contribution in [-0.2, 0) is 4.74 Å². The van der Waals surface area contributed by atoms with Gasteiger partial charge in [0, 0.05) is 37.0 Å². The minimum Gasteiger partial charge on any atom is -0.465 e. The number of carbonyl (C=O) groups is 2. The van der Waals surface area contributed by atoms with Crippen LogP contribution in [0.4, 0.5) is 9.59 Å². The quantitative estimate of drug-likeness (QED) is 0.496. The Labute approximate surface area is 149 Å². The van der Waals surface area contributed by atoms with Gasteiger partial charge in [-0.25, -0.2) is 9.59 Å². The number of ether oxygens (including phenoxy) is 1. The van der Waals surface area contributed by atoms with E-state index in [0.29, 0.717) is 25.9 Å². The maximum atomic E-state index is 11.9. The zero-order chi connectivity index (χ0) is 19.1. The molecule has 1 heterocycles. The molecule has 1 rings (SSSR count). The van der Waals surface area contributed by atoms with Crippen molar-refractivity contribution in [3.05, 3.63) is 0 Å². The summed E-state index contributed by atoms with van der Waals surface area (Å²) in [6, 6.07) is 0. The summed E-state index contributed by atoms with van der Waals surface area (Å²) >= 11 is 0. The summed E-state index contributed by atoms with van der Waals surface area (Å²) in [5.74, 6) is 0. The third-order valence-electron chi connectivity index (χ3n) is 4.52. The van der Waals surface area contributed by atoms with Gasteiger partial charge in [0.15, 0.2) is 0 Å². The summed E-state index contributed by atoms with van der Waals surface area (Å²) in [6.45, 7) is 8.72. The van der Waals surface area contributed by atoms with E-state index >= 15 is 0 Å². The fraction of sp³-hybridized carbons (Fsp3) is 0.882. The summed E-state index contributed by atoms with van der Waals surface area (Å²) < 4.78 is 5.52. The Bertz CT molecular complexity index is 436. The highest BCUT2D eigenvalue weighted by molar-refractivity contribution is 5.67. The van der Waals surface area contributed by atoms with E-state index in [1.54, 1.807) is 0 Å². The van der Waals surface area contributed by atoms with E-state index in [-0.39, 0.29) is 6.10 Å². The van der Waals surface area contributed by atoms with Crippen molar-refractivity contribution in [3.63, 3.8) is 0 Å². The highest BCUT2D eigenvalue weighted by Crippen LogP contribution is 2.37. The Morgan fingerprint density at radius 3 is 1.96 bits per heavy atom. The molecule has 1 fully saturated rings. The van der Waals surface area contributed by atoms with Crippen LogP contribution < -0.4 is 10.6 Å². The zero-order valence-corrected chi connectivity index (χ0v) is 15.8. The molecule has 0 saturated carbocycles. The third-order valence-corrected chi connectivity index (χ3v) is 4.52. The molecule has 0 radical (unpaired) electrons. The number of nitrogens with one attached hydrogen (secondary N) is 2. The van der Waals surface area contributed by atoms with Crippen molar-refractivity contribution in [1.82, 2.24) is 15.7 Å². The number of carbonyl (C=O) groups excluding carboxylic acids is 1. The van der Waals surface area contributed by atoms with Gasteiger partial charge in [0.25, 0.3) is 0 Å². The molecule has 146 valence electrons. The molecule has 8 heteroatoms. The molecular formula is C17H33N3O5. The number of amides is 2. The van der Waals surface area contributed by atoms with Crippen molar-refractivity contribution in [2.24, 2.45) is 0 Å². The minimum atomic E-state index is -0.997. The van der Waals surface area contributed by atoms with Gasteiger partial charge in [-0.3, -0.25) is 0 Å². The molecule has 1 saturated heterocycles. The molecule has 2 amide bonds. The van der Waals surface area contributed by atoms with E-state index in [0.717, 1.165) is 25.7 Å². The Morgan fingerprint density at radius 1 is 1.00 bits per heavy atom. The number of carboxylic acid groups (broad SMARTS) is 1. The van der Waals surface area contributed by atoms with Crippen LogP contribution in [0.2, 0.25) is 0 Å². The minimum absolute atomic E-state index is 0.226. The first-order valence-electron chi connectivity index (χ1n) is 8.95. The smallest absolute Gasteiger partial charge is 0.407 e. The van der Waals surface area contributed by atoms with Crippen molar-refractivity contribution in [2.75, 3.05) is 13.1 Å². The summed E-state index contributed by atoms with van der Waals surface area (Å²) in [6.07, 6.45) is 2.97. The highest BCUT2D eigenvalue weighted by Gasteiger charge is 2.46. The Morgan fingerprint density at radius 2 is 1.48 bits per heavy atom. The SMILES string of the molecule is CC1(C)CC(OC(=O)NCCCCCCNC(=O)O)CC(C)(C)N1O. The van der Waals surface area contributed by atoms with Crippen molar-refractivity contribution >= 4 is 12.2 Å². The molecule has 25 heavy (non-hydrogen) atoms. The first-order valence-corrected chi connectivity index (χ1v) is 8.95. The van der Waals surface area contributed by atoms with Gasteiger partial charge >= 0.3 is 12.2 Å². The van der Waals surface area contributed by atoms with Crippen LogP contribution >= 0.6 is 0 Å². The van der Waals surface area contributed by atoms with Crippen molar-refractivity contribution in [2.45, 2.75) is 83.4 Å². The Kier molecular flexibility index (Phi) is 7.95. The van der Waals surface area contributed by atoms with Crippen LogP contribution in [0, 0.1) is 0 Å². The predicted octanol–water partition coefficient (Wildman–Crippen LogP) is 2.95. The second-order valence-corrected chi connectivity index (χ2v) is 7.95. The van der Waals surface area contributed by atoms with Crippen molar-refractivity contribution < 1.29 is 24.6 Å². The molecule has 1 aliphatic heterocycles. The second-order valence-electron chi connectivity index (χ2n) is 7.95. The Balaban J connectivity index is 2.19. The lowest BCUT2D eigenvalue weighted by Crippen LogP contribution is -2.60. The molecule has 0 spiro atoms. The molecular weight excluding hydrogens is 326 g/mol. The number of hydrogen-bond acceptors (Lipinski definition) is 5. The summed E-state index contributed by atoms with van der Waals surface area (Å²) in [5, 5.41) is 25.1. The first kappa shape index (κ1) is 21.5. The number of rotatable bonds is 8. The topological polar surface area (TPSA) is 111 Å². The predicted molar refractivity (Wildman–Crippen MR) is 93.8 cm³/mol. The summed E-state index contributed by atoms with van der Waals surface area (Å²) in [5.41, 5.74) is -0.895. The Hall–Kier alpha value is -1.54. The van der Waals surface area contributed by atoms with Gasteiger partial charge in [0.05, 0.1) is 0 Å². The fourth-order valence-corrected chi connectivity index (χ4v) is 3.44. The van der Waals surface area contributed by atoms with Crippen molar-refractivity contribution in [1.29, 1.82) is 0 Å². The molecule has 4 N–H and O–H groups in total. The average molecular weight is 359 g/mol. The molecule has 0 atom stereocenters. The fourth-order valence-electron chi connectivity index (χ4n) is 3.44. The zero-order valence-electron chi connectivity index (χ0n) is 15.8. The van der Waals surface area contributed by atoms with Gasteiger partial charge in [-0.15, -0.1) is 0 Å². The van der Waals surface area contributed by atoms with Gasteiger partial charge in [-0.05, 0) is 40.5 Å². The number of unbranched alkanes of at least 4 members (excludes halogenated alkanes) is 3. The van der Waals surface area contributed by atoms with Gasteiger partial charge in [0.1, 0.15) is 6.10 Å². The van der Waals surface area contributed by atoms with Crippen LogP contribution in [0.3, 0.4) is 0 Å². The molecule has 8 nitrogen and oxygen atoms in total. The van der Waals surface area contributed by atoms with Gasteiger partial charge in [-0.1, -0.05) is 12.8 Å². The van der Waals surface area contributed by atoms with E-state index < -0.39 is 23.3 Å². The van der Waals surface area contributed by atoms with Gasteiger partial charge in [0.2, 0.25) is 0 Å². The maximum Gasteiger partial charge on any atom is 0.407 e. The summed E-state index contributed by atoms with van der Waals surface area (Å²) in [4.78, 5) is 22.2. The van der Waals surface area contributed by atoms with Crippen molar-refractivity contribution in [3.8, 4) is 0 Å². The number of nitrogens with zero attached hydrogens (tertiary/aromatic N) is 1. The van der Waals surface area contributed by atoms with E-state index in [9.17, 15) is 14.8 Å². The molecule has 0 bridgehead atoms. The number of alkyl carbamates (subject to hydrolysis) is 1. The van der Waals surface area contributed by atoms with E-state index in [1.807, 2.05) is 27.7 Å². The lowest BCUT2D eigenvalue weighted by atomic mass is 9.80. The van der Waals surface area contributed by atoms with Crippen LogP contribution in [0.25, 0.3) is 0 Å². The standard InChI is InChI=1S/C17H33N3O5/c1-16(2)11-13(12-17(3,4)20(16)24)25-15(23)19-10-8-6-5-7-9-18-14(21)22/h13,18,24H,5-12H2,1-4H3,(H,19,23)(H,21,22). The number of hydroxylamine groups is 2. The normalized spacial score (nSPS) is 20.0. The lowest BCUT2D eigenvalue weighted by molar-refractivity contribution is -0.256. The summed E-state index contributed by atoms with van der Waals surface area (Å²) in [7, 11) is 0. The van der Waals surface area contributed by atoms with Gasteiger partial charge < -0.3 is 25.7 Å². The van der Waals surface area contributed by atoms with Crippen LogP contribution in [0.1, 0.15) is 66.2 Å². The molecule has 0 unspecified atom stereocenters. The van der Waals surface area contributed by atoms with Crippen LogP contribution in [0.5, 0.6) is 0 Å². The first-order chi connectivity index (χ1) is 11.5. The third kappa shape index (κ3) is 7.48. The van der Waals surface area contributed by atoms with E-state index in [1.165, 1.54) is 5.06 Å². The van der Waals surface area contributed by atoms with Crippen LogP contribution in [-0.4, -0.2) is 57.8 Å². The van der Waals surface area contributed by atoms with Gasteiger partial charge in [-0.2, -0.15) is 5.06 Å². The average Bonchev–Trinajstić information content (AvgIpc) is 2.46. The lowest BCUT2D eigenvalue weighted by Gasteiger charge is -2.50. The van der Waals surface area contributed by atoms with E-state index in [4.69, 9.17) is 9.84 Å².